The molecule has 0 aromatic carbocycles. The Hall–Kier alpha value is -1.05. The van der Waals surface area contributed by atoms with E-state index in [0.717, 1.165) is 38.5 Å². The quantitative estimate of drug-likeness (QED) is 0.236. The number of allylic oxidation sites excluding steroid dienone is 3. The van der Waals surface area contributed by atoms with E-state index >= 15 is 0 Å². The molecule has 0 bridgehead atoms. The Kier molecular flexibility index (Phi) is 15.2. The summed E-state index contributed by atoms with van der Waals surface area (Å²) in [6, 6.07) is 0. The van der Waals surface area contributed by atoms with Crippen molar-refractivity contribution in [1.29, 1.82) is 0 Å². The molecule has 0 aliphatic heterocycles. The molecule has 0 heterocycles. The molecule has 0 aromatic rings. The second-order valence-corrected chi connectivity index (χ2v) is 5.23. The Morgan fingerprint density at radius 3 is 2.35 bits per heavy atom. The summed E-state index contributed by atoms with van der Waals surface area (Å²) in [6.07, 6.45) is 18.2. The third kappa shape index (κ3) is 15.0. The molecule has 116 valence electrons. The molecule has 0 aliphatic rings. The second kappa shape index (κ2) is 16.0. The summed E-state index contributed by atoms with van der Waals surface area (Å²) in [5.41, 5.74) is 0. The predicted octanol–water partition coefficient (Wildman–Crippen LogP) is 5.58. The fourth-order valence-corrected chi connectivity index (χ4v) is 2.05. The SMILES string of the molecule is C=CCCCCCCCC(=O)OCCCCC/C=C/C. The van der Waals surface area contributed by atoms with Crippen molar-refractivity contribution in [3.8, 4) is 0 Å². The van der Waals surface area contributed by atoms with Gasteiger partial charge in [0.2, 0.25) is 0 Å². The average molecular weight is 280 g/mol. The molecule has 2 heteroatoms. The maximum absolute atomic E-state index is 11.5. The highest BCUT2D eigenvalue weighted by Gasteiger charge is 2.02. The molecule has 2 nitrogen and oxygen atoms in total. The van der Waals surface area contributed by atoms with Crippen molar-refractivity contribution in [1.82, 2.24) is 0 Å². The van der Waals surface area contributed by atoms with Crippen LogP contribution in [0, 0.1) is 0 Å². The minimum atomic E-state index is -0.0236. The normalized spacial score (nSPS) is 10.8. The summed E-state index contributed by atoms with van der Waals surface area (Å²) in [6.45, 7) is 6.34. The van der Waals surface area contributed by atoms with Crippen molar-refractivity contribution in [2.24, 2.45) is 0 Å². The number of hydrogen-bond donors (Lipinski definition) is 0. The lowest BCUT2D eigenvalue weighted by Gasteiger charge is -2.04. The van der Waals surface area contributed by atoms with Gasteiger partial charge in [-0.3, -0.25) is 4.79 Å². The molecule has 0 spiro atoms. The van der Waals surface area contributed by atoms with Crippen molar-refractivity contribution < 1.29 is 9.53 Å². The molecule has 20 heavy (non-hydrogen) atoms. The van der Waals surface area contributed by atoms with E-state index in [1.54, 1.807) is 0 Å². The number of ether oxygens (including phenoxy) is 1. The molecule has 0 saturated carbocycles. The molecule has 0 unspecified atom stereocenters. The van der Waals surface area contributed by atoms with Crippen LogP contribution in [0.25, 0.3) is 0 Å². The number of esters is 1. The predicted molar refractivity (Wildman–Crippen MR) is 86.8 cm³/mol. The second-order valence-electron chi connectivity index (χ2n) is 5.23. The van der Waals surface area contributed by atoms with Gasteiger partial charge in [-0.05, 0) is 51.9 Å². The Labute approximate surface area is 125 Å². The molecule has 0 amide bonds. The van der Waals surface area contributed by atoms with Crippen LogP contribution in [0.3, 0.4) is 0 Å². The van der Waals surface area contributed by atoms with E-state index in [-0.39, 0.29) is 5.97 Å². The van der Waals surface area contributed by atoms with Gasteiger partial charge in [0.05, 0.1) is 6.61 Å². The van der Waals surface area contributed by atoms with Crippen LogP contribution in [0.2, 0.25) is 0 Å². The molecule has 0 rings (SSSR count). The van der Waals surface area contributed by atoms with Crippen LogP contribution >= 0.6 is 0 Å². The smallest absolute Gasteiger partial charge is 0.305 e. The molecule has 0 fully saturated rings. The van der Waals surface area contributed by atoms with Crippen molar-refractivity contribution in [2.75, 3.05) is 6.61 Å². The van der Waals surface area contributed by atoms with Crippen LogP contribution in [0.15, 0.2) is 24.8 Å². The molecule has 0 radical (unpaired) electrons. The zero-order chi connectivity index (χ0) is 14.9. The lowest BCUT2D eigenvalue weighted by atomic mass is 10.1. The third-order valence-corrected chi connectivity index (χ3v) is 3.30. The van der Waals surface area contributed by atoms with Gasteiger partial charge < -0.3 is 4.74 Å². The van der Waals surface area contributed by atoms with Crippen molar-refractivity contribution in [3.63, 3.8) is 0 Å². The van der Waals surface area contributed by atoms with Crippen LogP contribution < -0.4 is 0 Å². The highest BCUT2D eigenvalue weighted by molar-refractivity contribution is 5.69. The number of carbonyl (C=O) groups excluding carboxylic acids is 1. The summed E-state index contributed by atoms with van der Waals surface area (Å²) in [4.78, 5) is 11.5. The summed E-state index contributed by atoms with van der Waals surface area (Å²) in [5.74, 6) is -0.0236. The highest BCUT2D eigenvalue weighted by Crippen LogP contribution is 2.08. The van der Waals surface area contributed by atoms with E-state index in [9.17, 15) is 4.79 Å². The molecule has 0 atom stereocenters. The van der Waals surface area contributed by atoms with Gasteiger partial charge in [-0.15, -0.1) is 6.58 Å². The molecule has 0 aromatic heterocycles. The van der Waals surface area contributed by atoms with E-state index in [0.29, 0.717) is 13.0 Å². The number of carbonyl (C=O) groups is 1. The lowest BCUT2D eigenvalue weighted by molar-refractivity contribution is -0.143. The van der Waals surface area contributed by atoms with Gasteiger partial charge in [0, 0.05) is 6.42 Å². The van der Waals surface area contributed by atoms with Gasteiger partial charge >= 0.3 is 5.97 Å². The fourth-order valence-electron chi connectivity index (χ4n) is 2.05. The van der Waals surface area contributed by atoms with Gasteiger partial charge in [0.25, 0.3) is 0 Å². The van der Waals surface area contributed by atoms with Gasteiger partial charge in [0.1, 0.15) is 0 Å². The maximum Gasteiger partial charge on any atom is 0.305 e. The first-order valence-corrected chi connectivity index (χ1v) is 8.19. The van der Waals surface area contributed by atoms with Crippen LogP contribution in [0.5, 0.6) is 0 Å². The molecular weight excluding hydrogens is 248 g/mol. The van der Waals surface area contributed by atoms with Crippen LogP contribution in [0.4, 0.5) is 0 Å². The van der Waals surface area contributed by atoms with E-state index < -0.39 is 0 Å². The largest absolute Gasteiger partial charge is 0.466 e. The van der Waals surface area contributed by atoms with Gasteiger partial charge in [-0.1, -0.05) is 37.5 Å². The van der Waals surface area contributed by atoms with Crippen LogP contribution in [-0.4, -0.2) is 12.6 Å². The summed E-state index contributed by atoms with van der Waals surface area (Å²) < 4.78 is 5.22. The van der Waals surface area contributed by atoms with Gasteiger partial charge in [0.15, 0.2) is 0 Å². The van der Waals surface area contributed by atoms with E-state index in [1.165, 1.54) is 25.7 Å². The summed E-state index contributed by atoms with van der Waals surface area (Å²) in [5, 5.41) is 0. The van der Waals surface area contributed by atoms with E-state index in [1.807, 2.05) is 13.0 Å². The van der Waals surface area contributed by atoms with Crippen LogP contribution in [0.1, 0.15) is 77.6 Å². The number of hydrogen-bond acceptors (Lipinski definition) is 2. The molecule has 0 aliphatic carbocycles. The Bertz CT molecular complexity index is 256. The van der Waals surface area contributed by atoms with Gasteiger partial charge in [-0.2, -0.15) is 0 Å². The fraction of sp³-hybridized carbons (Fsp3) is 0.722. The summed E-state index contributed by atoms with van der Waals surface area (Å²) >= 11 is 0. The van der Waals surface area contributed by atoms with Crippen molar-refractivity contribution in [3.05, 3.63) is 24.8 Å². The molecule has 0 N–H and O–H groups in total. The lowest BCUT2D eigenvalue weighted by Crippen LogP contribution is -2.05. The Balaban J connectivity index is 3.18. The standard InChI is InChI=1S/C18H32O2/c1-3-5-7-9-11-12-14-16-18(19)20-17-15-13-10-8-6-4-2/h3-4,6H,1,5,7-17H2,2H3/b6-4+. The number of unbranched alkanes of at least 4 members (excludes halogenated alkanes) is 8. The monoisotopic (exact) mass is 280 g/mol. The first-order chi connectivity index (χ1) is 9.81. The summed E-state index contributed by atoms with van der Waals surface area (Å²) in [7, 11) is 0. The maximum atomic E-state index is 11.5. The Morgan fingerprint density at radius 2 is 1.60 bits per heavy atom. The van der Waals surface area contributed by atoms with E-state index in [2.05, 4.69) is 18.7 Å². The van der Waals surface area contributed by atoms with E-state index in [4.69, 9.17) is 4.74 Å². The van der Waals surface area contributed by atoms with Crippen molar-refractivity contribution >= 4 is 5.97 Å². The minimum Gasteiger partial charge on any atom is -0.466 e. The number of rotatable bonds is 14. The molecule has 0 saturated heterocycles. The first kappa shape index (κ1) is 18.9. The average Bonchev–Trinajstić information content (AvgIpc) is 2.45. The Morgan fingerprint density at radius 1 is 0.950 bits per heavy atom. The van der Waals surface area contributed by atoms with Gasteiger partial charge in [-0.25, -0.2) is 0 Å². The highest BCUT2D eigenvalue weighted by atomic mass is 16.5. The molecular formula is C18H32O2. The first-order valence-electron chi connectivity index (χ1n) is 8.19. The minimum absolute atomic E-state index is 0.0236. The topological polar surface area (TPSA) is 26.3 Å². The van der Waals surface area contributed by atoms with Crippen LogP contribution in [-0.2, 0) is 9.53 Å². The zero-order valence-electron chi connectivity index (χ0n) is 13.2. The van der Waals surface area contributed by atoms with Crippen molar-refractivity contribution in [2.45, 2.75) is 77.6 Å². The zero-order valence-corrected chi connectivity index (χ0v) is 13.2. The third-order valence-electron chi connectivity index (χ3n) is 3.30.